The van der Waals surface area contributed by atoms with E-state index in [1.54, 1.807) is 0 Å². The van der Waals surface area contributed by atoms with E-state index in [2.05, 4.69) is 24.8 Å². The predicted octanol–water partition coefficient (Wildman–Crippen LogP) is 2.89. The molecule has 0 unspecified atom stereocenters. The minimum absolute atomic E-state index is 0.115. The van der Waals surface area contributed by atoms with Gasteiger partial charge in [0, 0.05) is 26.2 Å². The zero-order chi connectivity index (χ0) is 16.0. The first-order chi connectivity index (χ1) is 11.1. The Kier molecular flexibility index (Phi) is 3.67. The van der Waals surface area contributed by atoms with E-state index in [0.29, 0.717) is 5.69 Å². The molecule has 4 rings (SSSR count). The quantitative estimate of drug-likeness (QED) is 0.857. The molecular formula is C19H27N3O. The van der Waals surface area contributed by atoms with Crippen LogP contribution in [0.25, 0.3) is 0 Å². The molecule has 2 saturated heterocycles. The Labute approximate surface area is 138 Å². The predicted molar refractivity (Wildman–Crippen MR) is 90.2 cm³/mol. The molecule has 0 radical (unpaired) electrons. The van der Waals surface area contributed by atoms with Gasteiger partial charge in [0.25, 0.3) is 5.91 Å². The van der Waals surface area contributed by atoms with Crippen molar-refractivity contribution in [1.29, 1.82) is 0 Å². The second-order valence-corrected chi connectivity index (χ2v) is 7.85. The maximum Gasteiger partial charge on any atom is 0.272 e. The van der Waals surface area contributed by atoms with Crippen molar-refractivity contribution in [2.24, 2.45) is 11.8 Å². The molecule has 1 aliphatic carbocycles. The molecule has 1 aromatic rings. The van der Waals surface area contributed by atoms with Gasteiger partial charge in [-0.1, -0.05) is 19.9 Å². The number of carbonyl (C=O) groups is 1. The first kappa shape index (κ1) is 15.1. The first-order valence-electron chi connectivity index (χ1n) is 9.12. The van der Waals surface area contributed by atoms with Gasteiger partial charge in [0.15, 0.2) is 0 Å². The molecule has 124 valence electrons. The molecular weight excluding hydrogens is 286 g/mol. The smallest absolute Gasteiger partial charge is 0.272 e. The molecule has 0 aromatic carbocycles. The third-order valence-electron chi connectivity index (χ3n) is 6.02. The van der Waals surface area contributed by atoms with Crippen molar-refractivity contribution in [3.63, 3.8) is 0 Å². The Morgan fingerprint density at radius 1 is 1.22 bits per heavy atom. The average Bonchev–Trinajstić information content (AvgIpc) is 3.10. The summed E-state index contributed by atoms with van der Waals surface area (Å²) in [6, 6.07) is 6.02. The molecule has 0 N–H and O–H groups in total. The molecule has 3 aliphatic rings. The average molecular weight is 313 g/mol. The van der Waals surface area contributed by atoms with Crippen LogP contribution in [0.4, 0.5) is 0 Å². The lowest BCUT2D eigenvalue weighted by atomic mass is 9.86. The van der Waals surface area contributed by atoms with Crippen LogP contribution in [0.2, 0.25) is 0 Å². The van der Waals surface area contributed by atoms with Crippen LogP contribution >= 0.6 is 0 Å². The van der Waals surface area contributed by atoms with Gasteiger partial charge < -0.3 is 4.90 Å². The summed E-state index contributed by atoms with van der Waals surface area (Å²) in [4.78, 5) is 21.9. The summed E-state index contributed by atoms with van der Waals surface area (Å²) in [5.41, 5.74) is 1.88. The Hall–Kier alpha value is -1.42. The number of hydrogen-bond donors (Lipinski definition) is 0. The molecule has 1 amide bonds. The lowest BCUT2D eigenvalue weighted by Crippen LogP contribution is -2.54. The van der Waals surface area contributed by atoms with E-state index in [4.69, 9.17) is 4.98 Å². The zero-order valence-electron chi connectivity index (χ0n) is 14.3. The maximum absolute atomic E-state index is 12.6. The Balaban J connectivity index is 1.51. The van der Waals surface area contributed by atoms with Crippen molar-refractivity contribution < 1.29 is 4.79 Å². The van der Waals surface area contributed by atoms with Crippen LogP contribution in [-0.2, 0) is 5.54 Å². The Morgan fingerprint density at radius 3 is 2.52 bits per heavy atom. The fraction of sp³-hybridized carbons (Fsp3) is 0.684. The molecule has 4 heteroatoms. The van der Waals surface area contributed by atoms with Gasteiger partial charge in [-0.05, 0) is 49.7 Å². The summed E-state index contributed by atoms with van der Waals surface area (Å²) in [5.74, 6) is 1.70. The highest BCUT2D eigenvalue weighted by atomic mass is 16.2. The molecule has 3 fully saturated rings. The highest BCUT2D eigenvalue weighted by Gasteiger charge is 2.54. The lowest BCUT2D eigenvalue weighted by molar-refractivity contribution is 0.0118. The van der Waals surface area contributed by atoms with Crippen molar-refractivity contribution >= 4 is 5.91 Å². The Morgan fingerprint density at radius 2 is 1.91 bits per heavy atom. The number of aromatic nitrogens is 1. The number of rotatable bonds is 4. The van der Waals surface area contributed by atoms with E-state index in [0.717, 1.165) is 43.5 Å². The van der Waals surface area contributed by atoms with Crippen molar-refractivity contribution in [2.45, 2.75) is 45.1 Å². The number of pyridine rings is 1. The molecule has 2 aliphatic heterocycles. The van der Waals surface area contributed by atoms with E-state index in [1.165, 1.54) is 25.9 Å². The van der Waals surface area contributed by atoms with E-state index in [-0.39, 0.29) is 11.4 Å². The number of hydrogen-bond acceptors (Lipinski definition) is 3. The van der Waals surface area contributed by atoms with Crippen molar-refractivity contribution in [3.05, 3.63) is 29.6 Å². The molecule has 0 spiro atoms. The van der Waals surface area contributed by atoms with Gasteiger partial charge >= 0.3 is 0 Å². The van der Waals surface area contributed by atoms with Gasteiger partial charge in [0.2, 0.25) is 0 Å². The van der Waals surface area contributed by atoms with E-state index in [9.17, 15) is 4.79 Å². The third kappa shape index (κ3) is 2.57. The summed E-state index contributed by atoms with van der Waals surface area (Å²) in [6.45, 7) is 8.77. The SMILES string of the molecule is CC(C)C1CN(C2(c3cccc(C(=O)N4CCCC4)n3)CC2)C1. The monoisotopic (exact) mass is 313 g/mol. The minimum atomic E-state index is 0.115. The van der Waals surface area contributed by atoms with Gasteiger partial charge in [-0.15, -0.1) is 0 Å². The van der Waals surface area contributed by atoms with Crippen LogP contribution in [0, 0.1) is 11.8 Å². The van der Waals surface area contributed by atoms with Crippen LogP contribution in [0.15, 0.2) is 18.2 Å². The summed E-state index contributed by atoms with van der Waals surface area (Å²) in [6.07, 6.45) is 4.62. The molecule has 1 saturated carbocycles. The highest BCUT2D eigenvalue weighted by molar-refractivity contribution is 5.92. The van der Waals surface area contributed by atoms with Gasteiger partial charge in [-0.2, -0.15) is 0 Å². The summed E-state index contributed by atoms with van der Waals surface area (Å²) in [7, 11) is 0. The number of likely N-dealkylation sites (tertiary alicyclic amines) is 2. The summed E-state index contributed by atoms with van der Waals surface area (Å²) < 4.78 is 0. The van der Waals surface area contributed by atoms with E-state index in [1.807, 2.05) is 17.0 Å². The Bertz CT molecular complexity index is 596. The molecule has 4 nitrogen and oxygen atoms in total. The van der Waals surface area contributed by atoms with Crippen molar-refractivity contribution in [1.82, 2.24) is 14.8 Å². The molecule has 23 heavy (non-hydrogen) atoms. The largest absolute Gasteiger partial charge is 0.337 e. The van der Waals surface area contributed by atoms with Crippen LogP contribution in [0.1, 0.15) is 55.7 Å². The lowest BCUT2D eigenvalue weighted by Gasteiger charge is -2.46. The molecule has 1 aromatic heterocycles. The summed E-state index contributed by atoms with van der Waals surface area (Å²) in [5, 5.41) is 0. The fourth-order valence-electron chi connectivity index (χ4n) is 4.03. The van der Waals surface area contributed by atoms with Gasteiger partial charge in [-0.3, -0.25) is 9.69 Å². The van der Waals surface area contributed by atoms with E-state index >= 15 is 0 Å². The van der Waals surface area contributed by atoms with Gasteiger partial charge in [0.1, 0.15) is 5.69 Å². The molecule has 3 heterocycles. The van der Waals surface area contributed by atoms with Gasteiger partial charge in [0.05, 0.1) is 11.2 Å². The minimum Gasteiger partial charge on any atom is -0.337 e. The van der Waals surface area contributed by atoms with Crippen molar-refractivity contribution in [3.8, 4) is 0 Å². The standard InChI is InChI=1S/C19H27N3O/c1-14(2)15-12-22(13-15)19(8-9-19)17-7-5-6-16(20-17)18(23)21-10-3-4-11-21/h5-7,14-15H,3-4,8-13H2,1-2H3. The normalized spacial score (nSPS) is 24.0. The van der Waals surface area contributed by atoms with E-state index < -0.39 is 0 Å². The van der Waals surface area contributed by atoms with Crippen molar-refractivity contribution in [2.75, 3.05) is 26.2 Å². The molecule has 0 bridgehead atoms. The highest BCUT2D eigenvalue weighted by Crippen LogP contribution is 2.53. The molecule has 0 atom stereocenters. The third-order valence-corrected chi connectivity index (χ3v) is 6.02. The summed E-state index contributed by atoms with van der Waals surface area (Å²) >= 11 is 0. The van der Waals surface area contributed by atoms with Crippen LogP contribution in [0.5, 0.6) is 0 Å². The number of amides is 1. The maximum atomic E-state index is 12.6. The van der Waals surface area contributed by atoms with Crippen LogP contribution < -0.4 is 0 Å². The topological polar surface area (TPSA) is 36.4 Å². The zero-order valence-corrected chi connectivity index (χ0v) is 14.3. The first-order valence-corrected chi connectivity index (χ1v) is 9.12. The number of nitrogens with zero attached hydrogens (tertiary/aromatic N) is 3. The number of carbonyl (C=O) groups excluding carboxylic acids is 1. The van der Waals surface area contributed by atoms with Crippen LogP contribution in [-0.4, -0.2) is 46.9 Å². The van der Waals surface area contributed by atoms with Crippen LogP contribution in [0.3, 0.4) is 0 Å². The van der Waals surface area contributed by atoms with Gasteiger partial charge in [-0.25, -0.2) is 4.98 Å². The second kappa shape index (κ2) is 5.59. The fourth-order valence-corrected chi connectivity index (χ4v) is 4.03. The second-order valence-electron chi connectivity index (χ2n) is 7.85.